The minimum atomic E-state index is 0.168. The van der Waals surface area contributed by atoms with Crippen molar-refractivity contribution in [2.24, 2.45) is 5.92 Å². The van der Waals surface area contributed by atoms with Gasteiger partial charge in [0.2, 0.25) is 0 Å². The Kier molecular flexibility index (Phi) is 2.21. The summed E-state index contributed by atoms with van der Waals surface area (Å²) in [5, 5.41) is 4.28. The van der Waals surface area contributed by atoms with Crippen LogP contribution in [-0.2, 0) is 12.8 Å². The van der Waals surface area contributed by atoms with Gasteiger partial charge in [-0.25, -0.2) is 9.50 Å². The van der Waals surface area contributed by atoms with Gasteiger partial charge in [0.05, 0.1) is 11.3 Å². The molecule has 0 aliphatic heterocycles. The third kappa shape index (κ3) is 1.62. The molecule has 1 aliphatic carbocycles. The zero-order valence-corrected chi connectivity index (χ0v) is 9.97. The maximum Gasteiger partial charge on any atom is 0.252 e. The van der Waals surface area contributed by atoms with E-state index in [1.54, 1.807) is 10.7 Å². The Morgan fingerprint density at radius 2 is 2.24 bits per heavy atom. The van der Waals surface area contributed by atoms with Gasteiger partial charge in [0.25, 0.3) is 5.78 Å². The first kappa shape index (κ1) is 10.4. The molecule has 0 amide bonds. The number of rotatable bonds is 1. The number of fused-ring (bicyclic) bond motifs is 2. The highest BCUT2D eigenvalue weighted by Crippen LogP contribution is 2.23. The molecule has 0 saturated heterocycles. The summed E-state index contributed by atoms with van der Waals surface area (Å²) in [6.07, 6.45) is 4.01. The van der Waals surface area contributed by atoms with Gasteiger partial charge in [-0.2, -0.15) is 4.98 Å². The number of hydrogen-bond donors (Lipinski definition) is 0. The molecule has 2 aromatic rings. The Morgan fingerprint density at radius 3 is 3.00 bits per heavy atom. The maximum absolute atomic E-state index is 11.9. The van der Waals surface area contributed by atoms with Crippen LogP contribution in [0.2, 0.25) is 0 Å². The summed E-state index contributed by atoms with van der Waals surface area (Å²) in [6.45, 7) is 4.08. The summed E-state index contributed by atoms with van der Waals surface area (Å²) in [4.78, 5) is 20.7. The summed E-state index contributed by atoms with van der Waals surface area (Å²) in [6, 6.07) is 0. The molecule has 17 heavy (non-hydrogen) atoms. The molecule has 2 aromatic heterocycles. The molecule has 5 nitrogen and oxygen atoms in total. The zero-order valence-electron chi connectivity index (χ0n) is 9.97. The van der Waals surface area contributed by atoms with Gasteiger partial charge in [-0.3, -0.25) is 4.79 Å². The minimum Gasteiger partial charge on any atom is -0.294 e. The van der Waals surface area contributed by atoms with Gasteiger partial charge < -0.3 is 0 Å². The van der Waals surface area contributed by atoms with Crippen LogP contribution >= 0.6 is 0 Å². The van der Waals surface area contributed by atoms with Crippen molar-refractivity contribution < 1.29 is 4.79 Å². The van der Waals surface area contributed by atoms with Crippen LogP contribution in [0.3, 0.4) is 0 Å². The SMILES string of the molecule is CCc1nc2nc3c(cn2n1)C(=O)CC(C)C3. The van der Waals surface area contributed by atoms with Gasteiger partial charge in [0.15, 0.2) is 11.6 Å². The average Bonchev–Trinajstić information content (AvgIpc) is 2.68. The van der Waals surface area contributed by atoms with Crippen molar-refractivity contribution in [2.45, 2.75) is 33.1 Å². The molecule has 1 aliphatic rings. The fraction of sp³-hybridized carbons (Fsp3) is 0.500. The fourth-order valence-corrected chi connectivity index (χ4v) is 2.27. The van der Waals surface area contributed by atoms with Gasteiger partial charge in [-0.1, -0.05) is 13.8 Å². The lowest BCUT2D eigenvalue weighted by molar-refractivity contribution is 0.0951. The van der Waals surface area contributed by atoms with Crippen molar-refractivity contribution >= 4 is 11.6 Å². The van der Waals surface area contributed by atoms with E-state index in [2.05, 4.69) is 22.0 Å². The predicted molar refractivity (Wildman–Crippen MR) is 62.0 cm³/mol. The summed E-state index contributed by atoms with van der Waals surface area (Å²) >= 11 is 0. The van der Waals surface area contributed by atoms with Crippen molar-refractivity contribution in [3.63, 3.8) is 0 Å². The second kappa shape index (κ2) is 3.61. The number of carbonyl (C=O) groups is 1. The van der Waals surface area contributed by atoms with Gasteiger partial charge in [0, 0.05) is 19.0 Å². The number of aryl methyl sites for hydroxylation is 1. The van der Waals surface area contributed by atoms with E-state index in [1.165, 1.54) is 0 Å². The van der Waals surface area contributed by atoms with E-state index in [4.69, 9.17) is 0 Å². The Hall–Kier alpha value is -1.78. The van der Waals surface area contributed by atoms with Crippen LogP contribution in [0.4, 0.5) is 0 Å². The minimum absolute atomic E-state index is 0.168. The van der Waals surface area contributed by atoms with Crippen molar-refractivity contribution in [1.82, 2.24) is 19.6 Å². The van der Waals surface area contributed by atoms with E-state index in [0.717, 1.165) is 24.4 Å². The lowest BCUT2D eigenvalue weighted by Gasteiger charge is -2.18. The molecule has 2 heterocycles. The molecule has 1 unspecified atom stereocenters. The molecule has 5 heteroatoms. The summed E-state index contributed by atoms with van der Waals surface area (Å²) in [5.41, 5.74) is 1.58. The van der Waals surface area contributed by atoms with Crippen LogP contribution in [0.25, 0.3) is 5.78 Å². The van der Waals surface area contributed by atoms with Crippen molar-refractivity contribution in [1.29, 1.82) is 0 Å². The van der Waals surface area contributed by atoms with E-state index in [0.29, 0.717) is 23.7 Å². The molecule has 0 spiro atoms. The molecular weight excluding hydrogens is 216 g/mol. The highest BCUT2D eigenvalue weighted by molar-refractivity contribution is 5.98. The molecular formula is C12H14N4O. The van der Waals surface area contributed by atoms with Crippen molar-refractivity contribution in [2.75, 3.05) is 0 Å². The summed E-state index contributed by atoms with van der Waals surface area (Å²) < 4.78 is 1.62. The first-order chi connectivity index (χ1) is 8.17. The fourth-order valence-electron chi connectivity index (χ4n) is 2.27. The molecule has 0 N–H and O–H groups in total. The monoisotopic (exact) mass is 230 g/mol. The molecule has 88 valence electrons. The van der Waals surface area contributed by atoms with E-state index < -0.39 is 0 Å². The lowest BCUT2D eigenvalue weighted by Crippen LogP contribution is -2.20. The third-order valence-corrected chi connectivity index (χ3v) is 3.15. The van der Waals surface area contributed by atoms with Crippen molar-refractivity contribution in [3.8, 4) is 0 Å². The number of ketones is 1. The largest absolute Gasteiger partial charge is 0.294 e. The zero-order chi connectivity index (χ0) is 12.0. The highest BCUT2D eigenvalue weighted by atomic mass is 16.1. The number of carbonyl (C=O) groups excluding carboxylic acids is 1. The summed E-state index contributed by atoms with van der Waals surface area (Å²) in [7, 11) is 0. The number of nitrogens with zero attached hydrogens (tertiary/aromatic N) is 4. The van der Waals surface area contributed by atoms with E-state index in [-0.39, 0.29) is 5.78 Å². The first-order valence-corrected chi connectivity index (χ1v) is 5.95. The van der Waals surface area contributed by atoms with Crippen LogP contribution in [-0.4, -0.2) is 25.4 Å². The Morgan fingerprint density at radius 1 is 1.41 bits per heavy atom. The Balaban J connectivity index is 2.20. The van der Waals surface area contributed by atoms with Crippen LogP contribution < -0.4 is 0 Å². The first-order valence-electron chi connectivity index (χ1n) is 5.95. The number of hydrogen-bond acceptors (Lipinski definition) is 4. The summed E-state index contributed by atoms with van der Waals surface area (Å²) in [5.74, 6) is 1.91. The number of aromatic nitrogens is 4. The normalized spacial score (nSPS) is 19.6. The number of Topliss-reactive ketones (excluding diaryl/α,β-unsaturated/α-hetero) is 1. The van der Waals surface area contributed by atoms with E-state index >= 15 is 0 Å². The standard InChI is InChI=1S/C12H14N4O/c1-3-11-14-12-13-9-4-7(2)5-10(17)8(9)6-16(12)15-11/h6-7H,3-5H2,1-2H3. The van der Waals surface area contributed by atoms with Gasteiger partial charge >= 0.3 is 0 Å². The van der Waals surface area contributed by atoms with Gasteiger partial charge in [-0.05, 0) is 12.3 Å². The lowest BCUT2D eigenvalue weighted by atomic mass is 9.88. The van der Waals surface area contributed by atoms with E-state index in [9.17, 15) is 4.79 Å². The molecule has 0 saturated carbocycles. The molecule has 1 atom stereocenters. The average molecular weight is 230 g/mol. The van der Waals surface area contributed by atoms with E-state index in [1.807, 2.05) is 6.92 Å². The van der Waals surface area contributed by atoms with Gasteiger partial charge in [-0.15, -0.1) is 5.10 Å². The smallest absolute Gasteiger partial charge is 0.252 e. The van der Waals surface area contributed by atoms with Gasteiger partial charge in [0.1, 0.15) is 0 Å². The Bertz CT molecular complexity index is 602. The van der Waals surface area contributed by atoms with Crippen LogP contribution in [0.15, 0.2) is 6.20 Å². The predicted octanol–water partition coefficient (Wildman–Crippen LogP) is 1.45. The molecule has 3 rings (SSSR count). The van der Waals surface area contributed by atoms with Crippen LogP contribution in [0, 0.1) is 5.92 Å². The van der Waals surface area contributed by atoms with Crippen molar-refractivity contribution in [3.05, 3.63) is 23.3 Å². The molecule has 0 aromatic carbocycles. The quantitative estimate of drug-likeness (QED) is 0.744. The molecule has 0 radical (unpaired) electrons. The topological polar surface area (TPSA) is 60.1 Å². The second-order valence-corrected chi connectivity index (χ2v) is 4.66. The second-order valence-electron chi connectivity index (χ2n) is 4.66. The molecule has 0 fully saturated rings. The molecule has 0 bridgehead atoms. The highest BCUT2D eigenvalue weighted by Gasteiger charge is 2.24. The Labute approximate surface area is 98.9 Å². The maximum atomic E-state index is 11.9. The van der Waals surface area contributed by atoms with Crippen LogP contribution in [0.1, 0.15) is 42.1 Å². The van der Waals surface area contributed by atoms with Crippen LogP contribution in [0.5, 0.6) is 0 Å². The third-order valence-electron chi connectivity index (χ3n) is 3.15.